The zero-order valence-corrected chi connectivity index (χ0v) is 13.6. The highest BCUT2D eigenvalue weighted by atomic mass is 16.6. The lowest BCUT2D eigenvalue weighted by molar-refractivity contribution is -0.148. The third-order valence-corrected chi connectivity index (χ3v) is 4.78. The van der Waals surface area contributed by atoms with Gasteiger partial charge in [0.2, 0.25) is 6.10 Å². The molecule has 2 aliphatic rings. The number of hydrogen-bond acceptors (Lipinski definition) is 3. The summed E-state index contributed by atoms with van der Waals surface area (Å²) in [5.74, 6) is -1.39. The minimum atomic E-state index is -1.13. The standard InChI is InChI=1S/C18H23NO4/c1-10(2)16(17(20)21)23-18(22)19-15-13-7-3-5-11(13)9-12-6-4-8-14(12)15/h9-10,16H,3-8H2,1-2H3,(H,19,22)(H,20,21). The first-order chi connectivity index (χ1) is 11.0. The van der Waals surface area contributed by atoms with Crippen molar-refractivity contribution >= 4 is 17.7 Å². The molecule has 1 amide bonds. The van der Waals surface area contributed by atoms with Crippen molar-refractivity contribution < 1.29 is 19.4 Å². The first-order valence-electron chi connectivity index (χ1n) is 8.34. The lowest BCUT2D eigenvalue weighted by Crippen LogP contribution is -2.33. The van der Waals surface area contributed by atoms with E-state index < -0.39 is 18.2 Å². The molecule has 0 radical (unpaired) electrons. The normalized spacial score (nSPS) is 16.8. The Balaban J connectivity index is 1.83. The Morgan fingerprint density at radius 2 is 1.65 bits per heavy atom. The monoisotopic (exact) mass is 317 g/mol. The Hall–Kier alpha value is -2.04. The molecule has 0 spiro atoms. The van der Waals surface area contributed by atoms with Gasteiger partial charge in [-0.25, -0.2) is 9.59 Å². The molecule has 0 saturated carbocycles. The second kappa shape index (κ2) is 6.22. The van der Waals surface area contributed by atoms with E-state index in [1.54, 1.807) is 13.8 Å². The predicted octanol–water partition coefficient (Wildman–Crippen LogP) is 3.32. The van der Waals surface area contributed by atoms with Gasteiger partial charge in [-0.15, -0.1) is 0 Å². The van der Waals surface area contributed by atoms with E-state index >= 15 is 0 Å². The third-order valence-electron chi connectivity index (χ3n) is 4.78. The highest BCUT2D eigenvalue weighted by Crippen LogP contribution is 2.38. The van der Waals surface area contributed by atoms with Crippen LogP contribution in [0.25, 0.3) is 0 Å². The highest BCUT2D eigenvalue weighted by molar-refractivity contribution is 5.90. The fourth-order valence-corrected chi connectivity index (χ4v) is 3.69. The Morgan fingerprint density at radius 1 is 1.09 bits per heavy atom. The number of carboxylic acids is 1. The number of aryl methyl sites for hydroxylation is 2. The van der Waals surface area contributed by atoms with Crippen molar-refractivity contribution in [2.24, 2.45) is 5.92 Å². The van der Waals surface area contributed by atoms with Gasteiger partial charge in [-0.05, 0) is 60.8 Å². The van der Waals surface area contributed by atoms with Gasteiger partial charge in [0.15, 0.2) is 0 Å². The maximum absolute atomic E-state index is 12.2. The SMILES string of the molecule is CC(C)C(OC(=O)Nc1c2c(cc3c1CCC3)CCC2)C(=O)O. The molecule has 2 aliphatic carbocycles. The average molecular weight is 317 g/mol. The van der Waals surface area contributed by atoms with E-state index in [-0.39, 0.29) is 5.92 Å². The van der Waals surface area contributed by atoms with Crippen LogP contribution in [0.2, 0.25) is 0 Å². The second-order valence-corrected chi connectivity index (χ2v) is 6.77. The van der Waals surface area contributed by atoms with Crippen molar-refractivity contribution in [3.63, 3.8) is 0 Å². The van der Waals surface area contributed by atoms with E-state index in [1.165, 1.54) is 22.3 Å². The number of fused-ring (bicyclic) bond motifs is 2. The predicted molar refractivity (Wildman–Crippen MR) is 86.9 cm³/mol. The van der Waals surface area contributed by atoms with Gasteiger partial charge in [-0.3, -0.25) is 5.32 Å². The van der Waals surface area contributed by atoms with Crippen LogP contribution >= 0.6 is 0 Å². The van der Waals surface area contributed by atoms with Crippen LogP contribution in [-0.2, 0) is 35.2 Å². The molecule has 1 aromatic carbocycles. The van der Waals surface area contributed by atoms with Crippen molar-refractivity contribution in [3.8, 4) is 0 Å². The molecular formula is C18H23NO4. The van der Waals surface area contributed by atoms with Gasteiger partial charge >= 0.3 is 12.1 Å². The topological polar surface area (TPSA) is 75.6 Å². The van der Waals surface area contributed by atoms with Crippen LogP contribution in [0.4, 0.5) is 10.5 Å². The molecule has 23 heavy (non-hydrogen) atoms. The van der Waals surface area contributed by atoms with E-state index in [0.29, 0.717) is 0 Å². The van der Waals surface area contributed by atoms with Crippen LogP contribution in [0, 0.1) is 5.92 Å². The number of amides is 1. The number of rotatable bonds is 4. The van der Waals surface area contributed by atoms with Crippen molar-refractivity contribution in [1.29, 1.82) is 0 Å². The number of aliphatic carboxylic acids is 1. The maximum atomic E-state index is 12.2. The molecule has 1 atom stereocenters. The van der Waals surface area contributed by atoms with Crippen LogP contribution in [0.5, 0.6) is 0 Å². The van der Waals surface area contributed by atoms with Gasteiger partial charge in [0.25, 0.3) is 0 Å². The van der Waals surface area contributed by atoms with E-state index in [0.717, 1.165) is 44.2 Å². The van der Waals surface area contributed by atoms with E-state index in [2.05, 4.69) is 11.4 Å². The van der Waals surface area contributed by atoms with Crippen LogP contribution < -0.4 is 5.32 Å². The summed E-state index contributed by atoms with van der Waals surface area (Å²) in [4.78, 5) is 23.4. The van der Waals surface area contributed by atoms with Crippen LogP contribution in [-0.4, -0.2) is 23.3 Å². The average Bonchev–Trinajstić information content (AvgIpc) is 3.12. The number of nitrogens with one attached hydrogen (secondary N) is 1. The maximum Gasteiger partial charge on any atom is 0.412 e. The highest BCUT2D eigenvalue weighted by Gasteiger charge is 2.29. The fraction of sp³-hybridized carbons (Fsp3) is 0.556. The van der Waals surface area contributed by atoms with E-state index in [4.69, 9.17) is 9.84 Å². The molecule has 3 rings (SSSR count). The summed E-state index contributed by atoms with van der Waals surface area (Å²) in [6.07, 6.45) is 4.44. The first kappa shape index (κ1) is 15.8. The molecule has 124 valence electrons. The summed E-state index contributed by atoms with van der Waals surface area (Å²) in [5, 5.41) is 12.0. The van der Waals surface area contributed by atoms with Gasteiger partial charge < -0.3 is 9.84 Å². The van der Waals surface area contributed by atoms with E-state index in [9.17, 15) is 9.59 Å². The van der Waals surface area contributed by atoms with Crippen LogP contribution in [0.3, 0.4) is 0 Å². The Kier molecular flexibility index (Phi) is 4.28. The fourth-order valence-electron chi connectivity index (χ4n) is 3.69. The molecule has 0 fully saturated rings. The minimum absolute atomic E-state index is 0.273. The number of benzene rings is 1. The Bertz CT molecular complexity index is 619. The van der Waals surface area contributed by atoms with E-state index in [1.807, 2.05) is 0 Å². The minimum Gasteiger partial charge on any atom is -0.478 e. The number of carboxylic acid groups (broad SMARTS) is 1. The summed E-state index contributed by atoms with van der Waals surface area (Å²) >= 11 is 0. The lowest BCUT2D eigenvalue weighted by Gasteiger charge is -2.20. The molecule has 0 aliphatic heterocycles. The molecule has 2 N–H and O–H groups in total. The van der Waals surface area contributed by atoms with Crippen molar-refractivity contribution in [1.82, 2.24) is 0 Å². The van der Waals surface area contributed by atoms with Crippen molar-refractivity contribution in [2.75, 3.05) is 5.32 Å². The second-order valence-electron chi connectivity index (χ2n) is 6.77. The molecule has 1 unspecified atom stereocenters. The number of ether oxygens (including phenoxy) is 1. The number of hydrogen-bond donors (Lipinski definition) is 2. The Labute approximate surface area is 136 Å². The summed E-state index contributed by atoms with van der Waals surface area (Å²) in [6.45, 7) is 3.45. The van der Waals surface area contributed by atoms with Gasteiger partial charge in [0, 0.05) is 5.92 Å². The van der Waals surface area contributed by atoms with Gasteiger partial charge in [0.1, 0.15) is 0 Å². The van der Waals surface area contributed by atoms with Crippen molar-refractivity contribution in [2.45, 2.75) is 58.5 Å². The van der Waals surface area contributed by atoms with Crippen molar-refractivity contribution in [3.05, 3.63) is 28.3 Å². The molecule has 0 heterocycles. The summed E-state index contributed by atoms with van der Waals surface area (Å²) < 4.78 is 5.15. The number of carbonyl (C=O) groups is 2. The molecule has 5 heteroatoms. The Morgan fingerprint density at radius 3 is 2.13 bits per heavy atom. The molecule has 5 nitrogen and oxygen atoms in total. The number of anilines is 1. The zero-order chi connectivity index (χ0) is 16.6. The smallest absolute Gasteiger partial charge is 0.412 e. The van der Waals surface area contributed by atoms with Crippen LogP contribution in [0.1, 0.15) is 48.9 Å². The molecule has 1 aromatic rings. The summed E-state index contributed by atoms with van der Waals surface area (Å²) in [6, 6.07) is 2.29. The van der Waals surface area contributed by atoms with Crippen LogP contribution in [0.15, 0.2) is 6.07 Å². The first-order valence-corrected chi connectivity index (χ1v) is 8.34. The summed E-state index contributed by atoms with van der Waals surface area (Å²) in [5.41, 5.74) is 5.93. The third kappa shape index (κ3) is 3.05. The van der Waals surface area contributed by atoms with Gasteiger partial charge in [-0.1, -0.05) is 19.9 Å². The quantitative estimate of drug-likeness (QED) is 0.893. The number of carbonyl (C=O) groups excluding carboxylic acids is 1. The molecule has 0 aromatic heterocycles. The van der Waals surface area contributed by atoms with Gasteiger partial charge in [-0.2, -0.15) is 0 Å². The summed E-state index contributed by atoms with van der Waals surface area (Å²) in [7, 11) is 0. The largest absolute Gasteiger partial charge is 0.478 e. The zero-order valence-electron chi connectivity index (χ0n) is 13.6. The lowest BCUT2D eigenvalue weighted by atomic mass is 9.99. The molecule has 0 bridgehead atoms. The molecule has 0 saturated heterocycles. The van der Waals surface area contributed by atoms with Gasteiger partial charge in [0.05, 0.1) is 5.69 Å². The molecular weight excluding hydrogens is 294 g/mol.